The highest BCUT2D eigenvalue weighted by atomic mass is 16.1. The van der Waals surface area contributed by atoms with Crippen LogP contribution in [0.15, 0.2) is 4.79 Å². The number of hydrogen-bond acceptors (Lipinski definition) is 5. The lowest BCUT2D eigenvalue weighted by Gasteiger charge is -2.15. The zero-order chi connectivity index (χ0) is 8.97. The van der Waals surface area contributed by atoms with Crippen molar-refractivity contribution in [2.75, 3.05) is 18.0 Å². The van der Waals surface area contributed by atoms with Gasteiger partial charge in [-0.1, -0.05) is 5.10 Å². The number of anilines is 1. The van der Waals surface area contributed by atoms with Crippen LogP contribution < -0.4 is 10.6 Å². The van der Waals surface area contributed by atoms with Crippen molar-refractivity contribution in [2.24, 2.45) is 0 Å². The minimum Gasteiger partial charge on any atom is -0.339 e. The van der Waals surface area contributed by atoms with Crippen LogP contribution in [0.3, 0.4) is 0 Å². The van der Waals surface area contributed by atoms with E-state index in [1.54, 1.807) is 0 Å². The Labute approximate surface area is 69.6 Å². The molecule has 1 N–H and O–H groups in total. The summed E-state index contributed by atoms with van der Waals surface area (Å²) in [5.41, 5.74) is -0.522. The lowest BCUT2D eigenvalue weighted by Crippen LogP contribution is -2.27. The Balaban J connectivity index is 2.87. The van der Waals surface area contributed by atoms with E-state index in [1.807, 2.05) is 18.7 Å². The van der Waals surface area contributed by atoms with Gasteiger partial charge in [-0.15, -0.1) is 10.2 Å². The molecule has 0 saturated carbocycles. The summed E-state index contributed by atoms with van der Waals surface area (Å²) in [5, 5.41) is 12.9. The highest BCUT2D eigenvalue weighted by Crippen LogP contribution is 1.99. The summed E-state index contributed by atoms with van der Waals surface area (Å²) < 4.78 is 0. The summed E-state index contributed by atoms with van der Waals surface area (Å²) >= 11 is 0. The summed E-state index contributed by atoms with van der Waals surface area (Å²) in [6.07, 6.45) is 0. The van der Waals surface area contributed by atoms with Gasteiger partial charge in [0, 0.05) is 13.1 Å². The fourth-order valence-electron chi connectivity index (χ4n) is 0.873. The quantitative estimate of drug-likeness (QED) is 0.654. The molecule has 0 amide bonds. The first-order valence-corrected chi connectivity index (χ1v) is 3.82. The van der Waals surface area contributed by atoms with Crippen LogP contribution >= 0.6 is 0 Å². The summed E-state index contributed by atoms with van der Waals surface area (Å²) in [5.74, 6) is 0.458. The van der Waals surface area contributed by atoms with E-state index in [9.17, 15) is 4.79 Å². The van der Waals surface area contributed by atoms with Crippen molar-refractivity contribution in [3.05, 3.63) is 10.5 Å². The van der Waals surface area contributed by atoms with Crippen molar-refractivity contribution in [2.45, 2.75) is 13.8 Å². The average molecular weight is 169 g/mol. The lowest BCUT2D eigenvalue weighted by molar-refractivity contribution is 0.735. The first-order valence-electron chi connectivity index (χ1n) is 3.82. The number of nitrogens with one attached hydrogen (secondary N) is 1. The summed E-state index contributed by atoms with van der Waals surface area (Å²) in [6, 6.07) is 0. The van der Waals surface area contributed by atoms with Crippen LogP contribution in [0.25, 0.3) is 0 Å². The SMILES string of the molecule is CCN(CC)c1nnc(=O)[nH]n1. The predicted molar refractivity (Wildman–Crippen MR) is 44.0 cm³/mol. The second-order valence-corrected chi connectivity index (χ2v) is 2.20. The van der Waals surface area contributed by atoms with E-state index in [-0.39, 0.29) is 0 Å². The number of hydrogen-bond donors (Lipinski definition) is 1. The van der Waals surface area contributed by atoms with Crippen molar-refractivity contribution in [3.8, 4) is 0 Å². The molecule has 0 aliphatic carbocycles. The fraction of sp³-hybridized carbons (Fsp3) is 0.667. The number of H-pyrrole nitrogens is 1. The van der Waals surface area contributed by atoms with Gasteiger partial charge in [0.05, 0.1) is 0 Å². The number of aromatic nitrogens is 4. The van der Waals surface area contributed by atoms with E-state index in [4.69, 9.17) is 0 Å². The largest absolute Gasteiger partial charge is 0.380 e. The summed E-state index contributed by atoms with van der Waals surface area (Å²) in [6.45, 7) is 5.56. The normalized spacial score (nSPS) is 9.83. The van der Waals surface area contributed by atoms with Crippen LogP contribution in [0.1, 0.15) is 13.8 Å². The van der Waals surface area contributed by atoms with Gasteiger partial charge < -0.3 is 4.90 Å². The molecule has 0 saturated heterocycles. The van der Waals surface area contributed by atoms with Crippen LogP contribution in [0.4, 0.5) is 5.95 Å². The fourth-order valence-corrected chi connectivity index (χ4v) is 0.873. The topological polar surface area (TPSA) is 74.8 Å². The highest BCUT2D eigenvalue weighted by molar-refractivity contribution is 5.24. The number of nitrogens with zero attached hydrogens (tertiary/aromatic N) is 4. The molecule has 0 atom stereocenters. The van der Waals surface area contributed by atoms with Crippen LogP contribution in [-0.4, -0.2) is 33.5 Å². The molecule has 1 aromatic rings. The van der Waals surface area contributed by atoms with Crippen molar-refractivity contribution in [3.63, 3.8) is 0 Å². The van der Waals surface area contributed by atoms with Gasteiger partial charge in [0.25, 0.3) is 5.95 Å². The molecular formula is C6H11N5O. The summed E-state index contributed by atoms with van der Waals surface area (Å²) in [7, 11) is 0. The van der Waals surface area contributed by atoms with Gasteiger partial charge in [-0.25, -0.2) is 9.89 Å². The maximum Gasteiger partial charge on any atom is 0.380 e. The molecule has 0 bridgehead atoms. The molecule has 0 unspecified atom stereocenters. The van der Waals surface area contributed by atoms with E-state index < -0.39 is 5.69 Å². The van der Waals surface area contributed by atoms with Crippen molar-refractivity contribution in [1.82, 2.24) is 20.4 Å². The van der Waals surface area contributed by atoms with Gasteiger partial charge >= 0.3 is 5.69 Å². The second kappa shape index (κ2) is 3.80. The zero-order valence-corrected chi connectivity index (χ0v) is 7.11. The standard InChI is InChI=1S/C6H11N5O/c1-3-11(4-2)5-7-9-6(12)10-8-5/h3-4H2,1-2H3,(H,9,10,12). The molecule has 0 aliphatic heterocycles. The number of aromatic amines is 1. The molecule has 12 heavy (non-hydrogen) atoms. The molecule has 1 rings (SSSR count). The molecule has 0 aromatic carbocycles. The Morgan fingerprint density at radius 1 is 1.33 bits per heavy atom. The van der Waals surface area contributed by atoms with E-state index >= 15 is 0 Å². The maximum atomic E-state index is 10.5. The van der Waals surface area contributed by atoms with Crippen molar-refractivity contribution in [1.29, 1.82) is 0 Å². The predicted octanol–water partition coefficient (Wildman–Crippen LogP) is -0.594. The minimum absolute atomic E-state index is 0.458. The van der Waals surface area contributed by atoms with Crippen LogP contribution in [0.5, 0.6) is 0 Å². The van der Waals surface area contributed by atoms with E-state index in [0.29, 0.717) is 5.95 Å². The van der Waals surface area contributed by atoms with Gasteiger partial charge in [0.2, 0.25) is 0 Å². The minimum atomic E-state index is -0.522. The van der Waals surface area contributed by atoms with Crippen molar-refractivity contribution < 1.29 is 0 Å². The second-order valence-electron chi connectivity index (χ2n) is 2.20. The molecule has 66 valence electrons. The third-order valence-electron chi connectivity index (χ3n) is 1.53. The van der Waals surface area contributed by atoms with Gasteiger partial charge in [-0.2, -0.15) is 0 Å². The van der Waals surface area contributed by atoms with Crippen LogP contribution in [-0.2, 0) is 0 Å². The smallest absolute Gasteiger partial charge is 0.339 e. The molecule has 0 radical (unpaired) electrons. The molecule has 1 heterocycles. The Morgan fingerprint density at radius 2 is 2.00 bits per heavy atom. The Morgan fingerprint density at radius 3 is 2.42 bits per heavy atom. The first-order chi connectivity index (χ1) is 5.77. The molecule has 6 heteroatoms. The first kappa shape index (κ1) is 8.63. The van der Waals surface area contributed by atoms with Gasteiger partial charge in [0.15, 0.2) is 0 Å². The van der Waals surface area contributed by atoms with E-state index in [0.717, 1.165) is 13.1 Å². The van der Waals surface area contributed by atoms with E-state index in [2.05, 4.69) is 20.4 Å². The van der Waals surface area contributed by atoms with Gasteiger partial charge in [0.1, 0.15) is 0 Å². The Hall–Kier alpha value is -1.46. The number of rotatable bonds is 3. The molecule has 0 fully saturated rings. The van der Waals surface area contributed by atoms with Crippen molar-refractivity contribution >= 4 is 5.95 Å². The molecular weight excluding hydrogens is 158 g/mol. The van der Waals surface area contributed by atoms with Crippen LogP contribution in [0, 0.1) is 0 Å². The van der Waals surface area contributed by atoms with Crippen LogP contribution in [0.2, 0.25) is 0 Å². The molecule has 0 spiro atoms. The average Bonchev–Trinajstić information content (AvgIpc) is 2.10. The Kier molecular flexibility index (Phi) is 2.73. The highest BCUT2D eigenvalue weighted by Gasteiger charge is 2.04. The maximum absolute atomic E-state index is 10.5. The third kappa shape index (κ3) is 1.77. The Bertz CT molecular complexity index is 272. The molecule has 0 aliphatic rings. The summed E-state index contributed by atoms with van der Waals surface area (Å²) in [4.78, 5) is 12.4. The van der Waals surface area contributed by atoms with E-state index in [1.165, 1.54) is 0 Å². The molecule has 1 aromatic heterocycles. The van der Waals surface area contributed by atoms with Gasteiger partial charge in [-0.05, 0) is 13.8 Å². The monoisotopic (exact) mass is 169 g/mol. The lowest BCUT2D eigenvalue weighted by atomic mass is 10.5. The zero-order valence-electron chi connectivity index (χ0n) is 7.11. The molecule has 6 nitrogen and oxygen atoms in total. The third-order valence-corrected chi connectivity index (χ3v) is 1.53. The van der Waals surface area contributed by atoms with Gasteiger partial charge in [-0.3, -0.25) is 0 Å².